The molecule has 1 heterocycles. The third-order valence-electron chi connectivity index (χ3n) is 2.81. The topological polar surface area (TPSA) is 58.8 Å². The molecular formula is C16H21ClIN3O2. The molecule has 0 aliphatic rings. The molecule has 2 N–H and O–H groups in total. The number of benzene rings is 1. The van der Waals surface area contributed by atoms with Crippen molar-refractivity contribution in [1.29, 1.82) is 0 Å². The predicted molar refractivity (Wildman–Crippen MR) is 104 cm³/mol. The van der Waals surface area contributed by atoms with Crippen LogP contribution in [0.25, 0.3) is 0 Å². The van der Waals surface area contributed by atoms with E-state index in [2.05, 4.69) is 15.6 Å². The number of aliphatic imine (C=N–C) groups is 1. The number of rotatable bonds is 7. The third kappa shape index (κ3) is 7.13. The summed E-state index contributed by atoms with van der Waals surface area (Å²) in [7, 11) is 0. The fraction of sp³-hybridized carbons (Fsp3) is 0.312. The first kappa shape index (κ1) is 19.6. The van der Waals surface area contributed by atoms with Crippen LogP contribution < -0.4 is 15.4 Å². The monoisotopic (exact) mass is 449 g/mol. The molecular weight excluding hydrogens is 429 g/mol. The highest BCUT2D eigenvalue weighted by molar-refractivity contribution is 14.0. The largest absolute Gasteiger partial charge is 0.490 e. The lowest BCUT2D eigenvalue weighted by molar-refractivity contribution is 0.322. The lowest BCUT2D eigenvalue weighted by Crippen LogP contribution is -2.39. The lowest BCUT2D eigenvalue weighted by Gasteiger charge is -2.12. The quantitative estimate of drug-likeness (QED) is 0.293. The average molecular weight is 450 g/mol. The molecule has 0 atom stereocenters. The van der Waals surface area contributed by atoms with Gasteiger partial charge in [0.2, 0.25) is 0 Å². The number of halogens is 2. The SMILES string of the molecule is CCNC(=NCc1ccco1)NCCOc1ccccc1Cl.I. The van der Waals surface area contributed by atoms with E-state index >= 15 is 0 Å². The fourth-order valence-electron chi connectivity index (χ4n) is 1.79. The number of guanidine groups is 1. The van der Waals surface area contributed by atoms with Crippen LogP contribution in [-0.2, 0) is 6.54 Å². The fourth-order valence-corrected chi connectivity index (χ4v) is 1.98. The van der Waals surface area contributed by atoms with E-state index in [4.69, 9.17) is 20.8 Å². The van der Waals surface area contributed by atoms with E-state index in [-0.39, 0.29) is 24.0 Å². The number of para-hydroxylation sites is 1. The second kappa shape index (κ2) is 11.2. The average Bonchev–Trinajstić information content (AvgIpc) is 3.04. The number of hydrogen-bond donors (Lipinski definition) is 2. The zero-order valence-corrected chi connectivity index (χ0v) is 16.0. The van der Waals surface area contributed by atoms with Crippen molar-refractivity contribution in [2.45, 2.75) is 13.5 Å². The molecule has 0 bridgehead atoms. The highest BCUT2D eigenvalue weighted by Crippen LogP contribution is 2.22. The molecule has 23 heavy (non-hydrogen) atoms. The second-order valence-electron chi connectivity index (χ2n) is 4.48. The van der Waals surface area contributed by atoms with Gasteiger partial charge in [-0.25, -0.2) is 4.99 Å². The van der Waals surface area contributed by atoms with Gasteiger partial charge in [0.05, 0.1) is 17.8 Å². The van der Waals surface area contributed by atoms with Crippen molar-refractivity contribution in [2.75, 3.05) is 19.7 Å². The van der Waals surface area contributed by atoms with Crippen LogP contribution in [0.4, 0.5) is 0 Å². The molecule has 0 saturated heterocycles. The van der Waals surface area contributed by atoms with Crippen molar-refractivity contribution in [1.82, 2.24) is 10.6 Å². The molecule has 2 aromatic rings. The van der Waals surface area contributed by atoms with Gasteiger partial charge in [-0.05, 0) is 31.2 Å². The van der Waals surface area contributed by atoms with Crippen molar-refractivity contribution in [3.63, 3.8) is 0 Å². The first-order valence-corrected chi connectivity index (χ1v) is 7.59. The molecule has 126 valence electrons. The van der Waals surface area contributed by atoms with E-state index < -0.39 is 0 Å². The number of furan rings is 1. The van der Waals surface area contributed by atoms with E-state index in [1.54, 1.807) is 12.3 Å². The number of hydrogen-bond acceptors (Lipinski definition) is 3. The minimum absolute atomic E-state index is 0. The van der Waals surface area contributed by atoms with Crippen LogP contribution in [0.5, 0.6) is 5.75 Å². The maximum Gasteiger partial charge on any atom is 0.191 e. The Balaban J connectivity index is 0.00000264. The van der Waals surface area contributed by atoms with Gasteiger partial charge in [-0.1, -0.05) is 23.7 Å². The van der Waals surface area contributed by atoms with Crippen molar-refractivity contribution < 1.29 is 9.15 Å². The maximum absolute atomic E-state index is 6.03. The Labute approximate surface area is 158 Å². The summed E-state index contributed by atoms with van der Waals surface area (Å²) in [5, 5.41) is 6.98. The number of nitrogens with zero attached hydrogens (tertiary/aromatic N) is 1. The Morgan fingerprint density at radius 1 is 1.22 bits per heavy atom. The lowest BCUT2D eigenvalue weighted by atomic mass is 10.3. The van der Waals surface area contributed by atoms with E-state index in [0.29, 0.717) is 30.5 Å². The van der Waals surface area contributed by atoms with E-state index in [1.807, 2.05) is 37.3 Å². The zero-order chi connectivity index (χ0) is 15.6. The summed E-state index contributed by atoms with van der Waals surface area (Å²) in [5.74, 6) is 2.23. The van der Waals surface area contributed by atoms with Crippen LogP contribution in [0, 0.1) is 0 Å². The van der Waals surface area contributed by atoms with Crippen LogP contribution >= 0.6 is 35.6 Å². The number of nitrogens with one attached hydrogen (secondary N) is 2. The minimum atomic E-state index is 0. The molecule has 0 radical (unpaired) electrons. The normalized spacial score (nSPS) is 10.8. The molecule has 5 nitrogen and oxygen atoms in total. The Kier molecular flexibility index (Phi) is 9.54. The van der Waals surface area contributed by atoms with Gasteiger partial charge in [0.15, 0.2) is 5.96 Å². The Hall–Kier alpha value is -1.41. The highest BCUT2D eigenvalue weighted by atomic mass is 127. The minimum Gasteiger partial charge on any atom is -0.490 e. The molecule has 0 amide bonds. The predicted octanol–water partition coefficient (Wildman–Crippen LogP) is 3.69. The summed E-state index contributed by atoms with van der Waals surface area (Å²) in [6.45, 7) is 4.41. The van der Waals surface area contributed by atoms with Crippen molar-refractivity contribution >= 4 is 41.5 Å². The van der Waals surface area contributed by atoms with Crippen molar-refractivity contribution in [2.24, 2.45) is 4.99 Å². The molecule has 0 aliphatic carbocycles. The Morgan fingerprint density at radius 2 is 2.04 bits per heavy atom. The third-order valence-corrected chi connectivity index (χ3v) is 3.12. The molecule has 7 heteroatoms. The molecule has 1 aromatic carbocycles. The second-order valence-corrected chi connectivity index (χ2v) is 4.89. The van der Waals surface area contributed by atoms with E-state index in [9.17, 15) is 0 Å². The van der Waals surface area contributed by atoms with Gasteiger partial charge < -0.3 is 19.8 Å². The molecule has 2 rings (SSSR count). The summed E-state index contributed by atoms with van der Waals surface area (Å²) < 4.78 is 10.9. The molecule has 0 fully saturated rings. The van der Waals surface area contributed by atoms with Gasteiger partial charge in [-0.15, -0.1) is 24.0 Å². The zero-order valence-electron chi connectivity index (χ0n) is 12.9. The maximum atomic E-state index is 6.03. The molecule has 0 spiro atoms. The van der Waals surface area contributed by atoms with Crippen LogP contribution in [0.2, 0.25) is 5.02 Å². The van der Waals surface area contributed by atoms with Gasteiger partial charge in [-0.3, -0.25) is 0 Å². The first-order chi connectivity index (χ1) is 10.8. The summed E-state index contributed by atoms with van der Waals surface area (Å²) >= 11 is 6.03. The van der Waals surface area contributed by atoms with Crippen molar-refractivity contribution in [3.8, 4) is 5.75 Å². The van der Waals surface area contributed by atoms with E-state index in [1.165, 1.54) is 0 Å². The van der Waals surface area contributed by atoms with Crippen LogP contribution in [-0.4, -0.2) is 25.7 Å². The molecule has 0 aliphatic heterocycles. The van der Waals surface area contributed by atoms with Crippen molar-refractivity contribution in [3.05, 3.63) is 53.4 Å². The summed E-state index contributed by atoms with van der Waals surface area (Å²) in [6, 6.07) is 11.2. The summed E-state index contributed by atoms with van der Waals surface area (Å²) in [5.41, 5.74) is 0. The Bertz CT molecular complexity index is 591. The first-order valence-electron chi connectivity index (χ1n) is 7.21. The van der Waals surface area contributed by atoms with Gasteiger partial charge in [-0.2, -0.15) is 0 Å². The van der Waals surface area contributed by atoms with Crippen LogP contribution in [0.15, 0.2) is 52.1 Å². The van der Waals surface area contributed by atoms with Crippen LogP contribution in [0.1, 0.15) is 12.7 Å². The number of ether oxygens (including phenoxy) is 1. The molecule has 1 aromatic heterocycles. The van der Waals surface area contributed by atoms with E-state index in [0.717, 1.165) is 18.3 Å². The Morgan fingerprint density at radius 3 is 2.74 bits per heavy atom. The standard InChI is InChI=1S/C16H20ClN3O2.HI/c1-2-18-16(20-12-13-6-5-10-21-13)19-9-11-22-15-8-4-3-7-14(15)17;/h3-8,10H,2,9,11-12H2,1H3,(H2,18,19,20);1H. The van der Waals surface area contributed by atoms with Gasteiger partial charge in [0.25, 0.3) is 0 Å². The smallest absolute Gasteiger partial charge is 0.191 e. The van der Waals surface area contributed by atoms with Gasteiger partial charge >= 0.3 is 0 Å². The summed E-state index contributed by atoms with van der Waals surface area (Å²) in [6.07, 6.45) is 1.64. The van der Waals surface area contributed by atoms with Gasteiger partial charge in [0, 0.05) is 6.54 Å². The van der Waals surface area contributed by atoms with Crippen LogP contribution in [0.3, 0.4) is 0 Å². The highest BCUT2D eigenvalue weighted by Gasteiger charge is 2.01. The molecule has 0 unspecified atom stereocenters. The van der Waals surface area contributed by atoms with Gasteiger partial charge in [0.1, 0.15) is 24.7 Å². The summed E-state index contributed by atoms with van der Waals surface area (Å²) in [4.78, 5) is 4.44. The molecule has 0 saturated carbocycles.